The lowest BCUT2D eigenvalue weighted by Crippen LogP contribution is -2.30. The number of anilines is 7. The van der Waals surface area contributed by atoms with E-state index in [4.69, 9.17) is 11.6 Å². The fraction of sp³-hybridized carbons (Fsp3) is 0.115. The molecule has 7 aromatic carbocycles. The lowest BCUT2D eigenvalue weighted by Gasteiger charge is -2.42. The first-order valence-electron chi connectivity index (χ1n) is 20.3. The molecule has 8 nitrogen and oxygen atoms in total. The summed E-state index contributed by atoms with van der Waals surface area (Å²) in [5.74, 6) is 6.69. The van der Waals surface area contributed by atoms with E-state index < -0.39 is 0 Å². The molecule has 2 aliphatic rings. The number of fused-ring (bicyclic) bond motifs is 4. The van der Waals surface area contributed by atoms with E-state index in [1.165, 1.54) is 33.6 Å². The summed E-state index contributed by atoms with van der Waals surface area (Å²) in [7, 11) is 0. The summed E-state index contributed by atoms with van der Waals surface area (Å²) in [5.41, 5.74) is 23.1. The molecule has 294 valence electrons. The molecular formula is C52H46N8. The second-order valence-electron chi connectivity index (χ2n) is 16.6. The molecule has 0 bridgehead atoms. The highest BCUT2D eigenvalue weighted by Crippen LogP contribution is 2.53. The number of nitrogens with zero attached hydrogens (tertiary/aromatic N) is 6. The standard InChI is InChI=1S/C52H46N8/c1-51(2)41-19-5-9-23-47(41)59(48-24-10-6-20-42(48)51)39-17-13-15-37(31-39)57(54)33-45(53)35-27-29-36(30-28-35)46-34-58(56-55-46)38-16-14-18-40(32-38)60-49-25-11-7-21-43(49)52(3,4)44-22-8-12-26-50(44)60/h5-34H,53-54H2,1-4H3/b45-33-. The average molecular weight is 783 g/mol. The Balaban J connectivity index is 0.890. The van der Waals surface area contributed by atoms with Gasteiger partial charge in [0.05, 0.1) is 46.0 Å². The Kier molecular flexibility index (Phi) is 8.70. The van der Waals surface area contributed by atoms with Crippen molar-refractivity contribution >= 4 is 45.5 Å². The molecular weight excluding hydrogens is 737 g/mol. The fourth-order valence-electron chi connectivity index (χ4n) is 9.12. The van der Waals surface area contributed by atoms with Gasteiger partial charge in [-0.1, -0.05) is 142 Å². The summed E-state index contributed by atoms with van der Waals surface area (Å²) in [4.78, 5) is 4.67. The number of hydrazine groups is 1. The molecule has 0 unspecified atom stereocenters. The van der Waals surface area contributed by atoms with Gasteiger partial charge in [0.1, 0.15) is 5.69 Å². The van der Waals surface area contributed by atoms with Gasteiger partial charge < -0.3 is 15.5 Å². The zero-order chi connectivity index (χ0) is 41.2. The minimum absolute atomic E-state index is 0.124. The van der Waals surface area contributed by atoms with Crippen molar-refractivity contribution in [3.05, 3.63) is 210 Å². The van der Waals surface area contributed by atoms with Crippen molar-refractivity contribution in [3.8, 4) is 16.9 Å². The van der Waals surface area contributed by atoms with Gasteiger partial charge in [0.2, 0.25) is 0 Å². The number of para-hydroxylation sites is 4. The smallest absolute Gasteiger partial charge is 0.113 e. The van der Waals surface area contributed by atoms with E-state index in [9.17, 15) is 0 Å². The van der Waals surface area contributed by atoms with Gasteiger partial charge in [-0.15, -0.1) is 5.10 Å². The van der Waals surface area contributed by atoms with E-state index in [1.54, 1.807) is 11.2 Å². The molecule has 3 heterocycles. The highest BCUT2D eigenvalue weighted by molar-refractivity contribution is 5.88. The molecule has 0 saturated heterocycles. The Morgan fingerprint density at radius 1 is 0.533 bits per heavy atom. The molecule has 1 aromatic heterocycles. The summed E-state index contributed by atoms with van der Waals surface area (Å²) in [6.45, 7) is 9.18. The van der Waals surface area contributed by atoms with Crippen molar-refractivity contribution in [2.45, 2.75) is 38.5 Å². The van der Waals surface area contributed by atoms with E-state index in [0.29, 0.717) is 5.70 Å². The molecule has 0 spiro atoms. The molecule has 2 aliphatic heterocycles. The predicted octanol–water partition coefficient (Wildman–Crippen LogP) is 11.8. The molecule has 60 heavy (non-hydrogen) atoms. The van der Waals surface area contributed by atoms with Crippen LogP contribution in [0.3, 0.4) is 0 Å². The maximum absolute atomic E-state index is 6.69. The molecule has 10 rings (SSSR count). The lowest BCUT2D eigenvalue weighted by molar-refractivity contribution is 0.631. The van der Waals surface area contributed by atoms with Crippen LogP contribution in [0.15, 0.2) is 182 Å². The Morgan fingerprint density at radius 2 is 0.983 bits per heavy atom. The number of hydrogen-bond acceptors (Lipinski definition) is 7. The van der Waals surface area contributed by atoms with Gasteiger partial charge in [0.25, 0.3) is 0 Å². The fourth-order valence-corrected chi connectivity index (χ4v) is 9.12. The second kappa shape index (κ2) is 14.1. The molecule has 0 radical (unpaired) electrons. The quantitative estimate of drug-likeness (QED) is 0.123. The summed E-state index contributed by atoms with van der Waals surface area (Å²) >= 11 is 0. The van der Waals surface area contributed by atoms with Crippen LogP contribution in [0.5, 0.6) is 0 Å². The number of aromatic nitrogens is 3. The zero-order valence-electron chi connectivity index (χ0n) is 34.2. The van der Waals surface area contributed by atoms with Crippen LogP contribution in [-0.2, 0) is 10.8 Å². The predicted molar refractivity (Wildman–Crippen MR) is 246 cm³/mol. The van der Waals surface area contributed by atoms with Gasteiger partial charge in [0.15, 0.2) is 0 Å². The first kappa shape index (κ1) is 36.9. The van der Waals surface area contributed by atoms with Crippen LogP contribution in [0, 0.1) is 0 Å². The number of benzene rings is 7. The molecule has 0 atom stereocenters. The number of rotatable bonds is 7. The topological polar surface area (TPSA) is 92.5 Å². The zero-order valence-corrected chi connectivity index (χ0v) is 34.2. The maximum Gasteiger partial charge on any atom is 0.113 e. The molecule has 0 fully saturated rings. The van der Waals surface area contributed by atoms with Gasteiger partial charge in [0, 0.05) is 34.0 Å². The second-order valence-corrected chi connectivity index (χ2v) is 16.6. The summed E-state index contributed by atoms with van der Waals surface area (Å²) < 4.78 is 1.83. The van der Waals surface area contributed by atoms with Crippen molar-refractivity contribution in [2.75, 3.05) is 14.8 Å². The van der Waals surface area contributed by atoms with E-state index in [-0.39, 0.29) is 10.8 Å². The van der Waals surface area contributed by atoms with Crippen molar-refractivity contribution < 1.29 is 0 Å². The Labute approximate surface area is 351 Å². The van der Waals surface area contributed by atoms with Gasteiger partial charge in [-0.2, -0.15) is 0 Å². The third kappa shape index (κ3) is 6.03. The van der Waals surface area contributed by atoms with E-state index in [2.05, 4.69) is 181 Å². The van der Waals surface area contributed by atoms with E-state index in [0.717, 1.165) is 50.9 Å². The summed E-state index contributed by atoms with van der Waals surface area (Å²) in [6, 6.07) is 59.3. The highest BCUT2D eigenvalue weighted by atomic mass is 15.4. The minimum Gasteiger partial charge on any atom is -0.397 e. The van der Waals surface area contributed by atoms with E-state index in [1.807, 2.05) is 47.3 Å². The van der Waals surface area contributed by atoms with Crippen molar-refractivity contribution in [1.82, 2.24) is 15.0 Å². The molecule has 0 aliphatic carbocycles. The van der Waals surface area contributed by atoms with Gasteiger partial charge in [-0.25, -0.2) is 10.5 Å². The van der Waals surface area contributed by atoms with Gasteiger partial charge in [-0.3, -0.25) is 5.01 Å². The Hall–Kier alpha value is -7.42. The van der Waals surface area contributed by atoms with Crippen LogP contribution < -0.4 is 26.4 Å². The normalized spacial score (nSPS) is 14.8. The Bertz CT molecular complexity index is 2840. The Morgan fingerprint density at radius 3 is 1.50 bits per heavy atom. The van der Waals surface area contributed by atoms with Crippen molar-refractivity contribution in [1.29, 1.82) is 0 Å². The van der Waals surface area contributed by atoms with Crippen molar-refractivity contribution in [2.24, 2.45) is 11.6 Å². The lowest BCUT2D eigenvalue weighted by atomic mass is 9.73. The van der Waals surface area contributed by atoms with Crippen LogP contribution in [0.1, 0.15) is 55.5 Å². The first-order chi connectivity index (χ1) is 29.1. The number of hydrogen-bond donors (Lipinski definition) is 2. The highest BCUT2D eigenvalue weighted by Gasteiger charge is 2.38. The third-order valence-electron chi connectivity index (χ3n) is 12.3. The summed E-state index contributed by atoms with van der Waals surface area (Å²) in [6.07, 6.45) is 3.72. The molecule has 8 heteroatoms. The minimum atomic E-state index is -0.136. The molecule has 4 N–H and O–H groups in total. The largest absolute Gasteiger partial charge is 0.397 e. The molecule has 0 saturated carbocycles. The number of nitrogens with two attached hydrogens (primary N) is 2. The maximum atomic E-state index is 6.69. The molecule has 0 amide bonds. The van der Waals surface area contributed by atoms with E-state index >= 15 is 0 Å². The average Bonchev–Trinajstić information content (AvgIpc) is 3.78. The first-order valence-corrected chi connectivity index (χ1v) is 20.3. The SMILES string of the molecule is CC1(C)c2ccccc2N(c2cccc(N(N)/C=C(\N)c3ccc(-c4cn(-c5cccc(N6c7ccccc7C(C)(C)c7ccccc76)c5)nn4)cc3)c2)c2ccccc21. The monoisotopic (exact) mass is 782 g/mol. The van der Waals surface area contributed by atoms with Crippen LogP contribution in [0.25, 0.3) is 22.6 Å². The van der Waals surface area contributed by atoms with Gasteiger partial charge >= 0.3 is 0 Å². The van der Waals surface area contributed by atoms with Gasteiger partial charge in [-0.05, 0) is 88.5 Å². The van der Waals surface area contributed by atoms with Crippen LogP contribution in [-0.4, -0.2) is 15.0 Å². The van der Waals surface area contributed by atoms with Crippen LogP contribution in [0.4, 0.5) is 39.8 Å². The van der Waals surface area contributed by atoms with Crippen molar-refractivity contribution in [3.63, 3.8) is 0 Å². The molecule has 8 aromatic rings. The summed E-state index contributed by atoms with van der Waals surface area (Å²) in [5, 5.41) is 10.7. The third-order valence-corrected chi connectivity index (χ3v) is 12.3. The van der Waals surface area contributed by atoms with Crippen LogP contribution in [0.2, 0.25) is 0 Å². The van der Waals surface area contributed by atoms with Crippen LogP contribution >= 0.6 is 0 Å².